The summed E-state index contributed by atoms with van der Waals surface area (Å²) in [5.74, 6) is 1.02. The molecule has 0 N–H and O–H groups in total. The van der Waals surface area contributed by atoms with E-state index in [1.54, 1.807) is 17.2 Å². The van der Waals surface area contributed by atoms with Crippen LogP contribution in [-0.2, 0) is 27.8 Å². The molecule has 2 atom stereocenters. The number of amides is 1. The van der Waals surface area contributed by atoms with Crippen molar-refractivity contribution in [1.29, 1.82) is 0 Å². The first-order valence-corrected chi connectivity index (χ1v) is 11.9. The predicted octanol–water partition coefficient (Wildman–Crippen LogP) is 5.20. The van der Waals surface area contributed by atoms with Crippen LogP contribution >= 0.6 is 0 Å². The summed E-state index contributed by atoms with van der Waals surface area (Å²) in [5, 5.41) is -0.154. The van der Waals surface area contributed by atoms with Crippen LogP contribution in [0.5, 0.6) is 0 Å². The highest BCUT2D eigenvalue weighted by molar-refractivity contribution is 7.84. The summed E-state index contributed by atoms with van der Waals surface area (Å²) in [5.41, 5.74) is 1.20. The number of nitrogens with zero attached hydrogens (tertiary/aromatic N) is 1. The third kappa shape index (κ3) is 6.81. The Morgan fingerprint density at radius 1 is 1.00 bits per heavy atom. The zero-order chi connectivity index (χ0) is 20.5. The van der Waals surface area contributed by atoms with E-state index in [1.807, 2.05) is 18.2 Å². The molecule has 6 heteroatoms. The van der Waals surface area contributed by atoms with Gasteiger partial charge in [0.25, 0.3) is 0 Å². The van der Waals surface area contributed by atoms with Gasteiger partial charge in [0, 0.05) is 6.54 Å². The third-order valence-electron chi connectivity index (χ3n) is 5.46. The van der Waals surface area contributed by atoms with Gasteiger partial charge in [-0.05, 0) is 49.1 Å². The molecular weight excluding hydrogens is 389 g/mol. The predicted molar refractivity (Wildman–Crippen MR) is 113 cm³/mol. The fourth-order valence-electron chi connectivity index (χ4n) is 3.71. The standard InChI is InChI=1S/C23H30FNO3S/c24-20-13-11-19(12-14-20)9-6-4-2-1-3-5-7-15-25-22(26)17-23(25)29(27)18-21-10-8-16-28-21/h8,10-14,16,23H,1-7,9,15,17-18H2. The Bertz CT molecular complexity index is 776. The van der Waals surface area contributed by atoms with Crippen LogP contribution in [-0.4, -0.2) is 26.9 Å². The van der Waals surface area contributed by atoms with Gasteiger partial charge in [-0.15, -0.1) is 0 Å². The molecule has 0 radical (unpaired) electrons. The van der Waals surface area contributed by atoms with E-state index in [0.29, 0.717) is 24.5 Å². The second kappa shape index (κ2) is 11.3. The van der Waals surface area contributed by atoms with Crippen molar-refractivity contribution in [3.05, 3.63) is 59.8 Å². The molecule has 1 aromatic carbocycles. The lowest BCUT2D eigenvalue weighted by atomic mass is 10.0. The van der Waals surface area contributed by atoms with Gasteiger partial charge in [-0.25, -0.2) is 4.39 Å². The molecule has 2 heterocycles. The summed E-state index contributed by atoms with van der Waals surface area (Å²) in [6.07, 6.45) is 10.9. The van der Waals surface area contributed by atoms with E-state index in [-0.39, 0.29) is 17.1 Å². The molecule has 1 aliphatic heterocycles. The largest absolute Gasteiger partial charge is 0.468 e. The summed E-state index contributed by atoms with van der Waals surface area (Å²) in [6.45, 7) is 0.706. The Morgan fingerprint density at radius 3 is 2.34 bits per heavy atom. The van der Waals surface area contributed by atoms with Crippen molar-refractivity contribution in [2.24, 2.45) is 0 Å². The van der Waals surface area contributed by atoms with Crippen molar-refractivity contribution < 1.29 is 17.8 Å². The SMILES string of the molecule is O=C1CC(S(=O)Cc2ccco2)N1CCCCCCCCCc1ccc(F)cc1. The molecule has 0 saturated carbocycles. The Kier molecular flexibility index (Phi) is 8.47. The van der Waals surface area contributed by atoms with Crippen molar-refractivity contribution in [2.75, 3.05) is 6.54 Å². The number of benzene rings is 1. The summed E-state index contributed by atoms with van der Waals surface area (Å²) in [7, 11) is -1.10. The average molecular weight is 420 g/mol. The van der Waals surface area contributed by atoms with Crippen LogP contribution in [0.3, 0.4) is 0 Å². The summed E-state index contributed by atoms with van der Waals surface area (Å²) in [6, 6.07) is 10.4. The first-order chi connectivity index (χ1) is 14.1. The normalized spacial score (nSPS) is 17.3. The van der Waals surface area contributed by atoms with Crippen LogP contribution in [0, 0.1) is 5.82 Å². The van der Waals surface area contributed by atoms with E-state index in [4.69, 9.17) is 4.42 Å². The van der Waals surface area contributed by atoms with Gasteiger partial charge < -0.3 is 9.32 Å². The number of halogens is 1. The van der Waals surface area contributed by atoms with E-state index in [0.717, 1.165) is 25.7 Å². The zero-order valence-corrected chi connectivity index (χ0v) is 17.7. The number of β-lactam (4-membered cyclic amide) rings is 1. The van der Waals surface area contributed by atoms with E-state index >= 15 is 0 Å². The molecule has 29 heavy (non-hydrogen) atoms. The molecule has 2 unspecified atom stereocenters. The summed E-state index contributed by atoms with van der Waals surface area (Å²) in [4.78, 5) is 13.6. The Balaban J connectivity index is 1.21. The molecule has 1 aliphatic rings. The number of unbranched alkanes of at least 4 members (excludes halogenated alkanes) is 6. The van der Waals surface area contributed by atoms with Gasteiger partial charge in [0.2, 0.25) is 5.91 Å². The summed E-state index contributed by atoms with van der Waals surface area (Å²) < 4.78 is 30.6. The molecule has 1 aromatic heterocycles. The number of carbonyl (C=O) groups excluding carboxylic acids is 1. The Morgan fingerprint density at radius 2 is 1.69 bits per heavy atom. The number of hydrogen-bond acceptors (Lipinski definition) is 3. The Labute approximate surface area is 174 Å². The molecule has 1 saturated heterocycles. The maximum atomic E-state index is 12.9. The lowest BCUT2D eigenvalue weighted by Gasteiger charge is -2.39. The van der Waals surface area contributed by atoms with Crippen LogP contribution in [0.2, 0.25) is 0 Å². The van der Waals surface area contributed by atoms with Crippen LogP contribution < -0.4 is 0 Å². The van der Waals surface area contributed by atoms with Crippen LogP contribution in [0.15, 0.2) is 47.1 Å². The molecule has 1 fully saturated rings. The zero-order valence-electron chi connectivity index (χ0n) is 16.9. The molecule has 4 nitrogen and oxygen atoms in total. The molecule has 2 aromatic rings. The highest BCUT2D eigenvalue weighted by Crippen LogP contribution is 2.25. The van der Waals surface area contributed by atoms with Gasteiger partial charge >= 0.3 is 0 Å². The fraction of sp³-hybridized carbons (Fsp3) is 0.522. The minimum Gasteiger partial charge on any atom is -0.468 e. The minimum atomic E-state index is -1.10. The number of furan rings is 1. The van der Waals surface area contributed by atoms with E-state index in [1.165, 1.54) is 43.4 Å². The number of likely N-dealkylation sites (tertiary alicyclic amines) is 1. The van der Waals surface area contributed by atoms with Crippen molar-refractivity contribution >= 4 is 16.7 Å². The number of rotatable bonds is 13. The van der Waals surface area contributed by atoms with Gasteiger partial charge in [-0.2, -0.15) is 0 Å². The van der Waals surface area contributed by atoms with Crippen LogP contribution in [0.1, 0.15) is 62.7 Å². The lowest BCUT2D eigenvalue weighted by molar-refractivity contribution is -0.141. The van der Waals surface area contributed by atoms with E-state index in [2.05, 4.69) is 0 Å². The quantitative estimate of drug-likeness (QED) is 0.331. The summed E-state index contributed by atoms with van der Waals surface area (Å²) >= 11 is 0. The lowest BCUT2D eigenvalue weighted by Crippen LogP contribution is -2.55. The van der Waals surface area contributed by atoms with Crippen LogP contribution in [0.25, 0.3) is 0 Å². The molecule has 158 valence electrons. The Hall–Kier alpha value is -1.95. The van der Waals surface area contributed by atoms with Gasteiger partial charge in [-0.1, -0.05) is 44.2 Å². The van der Waals surface area contributed by atoms with Crippen LogP contribution in [0.4, 0.5) is 4.39 Å². The first kappa shape index (κ1) is 21.8. The van der Waals surface area contributed by atoms with Crippen molar-refractivity contribution in [2.45, 2.75) is 68.9 Å². The smallest absolute Gasteiger partial charge is 0.226 e. The van der Waals surface area contributed by atoms with Crippen molar-refractivity contribution in [3.8, 4) is 0 Å². The first-order valence-electron chi connectivity index (χ1n) is 10.6. The second-order valence-corrected chi connectivity index (χ2v) is 9.30. The van der Waals surface area contributed by atoms with E-state index in [9.17, 15) is 13.4 Å². The van der Waals surface area contributed by atoms with Gasteiger partial charge in [-0.3, -0.25) is 9.00 Å². The molecule has 3 rings (SSSR count). The van der Waals surface area contributed by atoms with Gasteiger partial charge in [0.05, 0.1) is 29.2 Å². The maximum absolute atomic E-state index is 12.9. The second-order valence-electron chi connectivity index (χ2n) is 7.70. The molecule has 0 bridgehead atoms. The molecule has 0 spiro atoms. The highest BCUT2D eigenvalue weighted by atomic mass is 32.2. The monoisotopic (exact) mass is 419 g/mol. The topological polar surface area (TPSA) is 50.5 Å². The molecule has 0 aliphatic carbocycles. The van der Waals surface area contributed by atoms with Crippen molar-refractivity contribution in [1.82, 2.24) is 4.90 Å². The minimum absolute atomic E-state index is 0.114. The highest BCUT2D eigenvalue weighted by Gasteiger charge is 2.39. The number of hydrogen-bond donors (Lipinski definition) is 0. The molecule has 1 amide bonds. The number of aryl methyl sites for hydroxylation is 1. The average Bonchev–Trinajstić information content (AvgIpc) is 3.21. The van der Waals surface area contributed by atoms with Gasteiger partial charge in [0.15, 0.2) is 0 Å². The van der Waals surface area contributed by atoms with Crippen molar-refractivity contribution in [3.63, 3.8) is 0 Å². The third-order valence-corrected chi connectivity index (χ3v) is 7.06. The molecular formula is C23H30FNO3S. The van der Waals surface area contributed by atoms with E-state index < -0.39 is 10.8 Å². The van der Waals surface area contributed by atoms with Gasteiger partial charge in [0.1, 0.15) is 17.0 Å². The fourth-order valence-corrected chi connectivity index (χ4v) is 5.18. The number of carbonyl (C=O) groups is 1. The maximum Gasteiger partial charge on any atom is 0.226 e.